The maximum atomic E-state index is 5.15. The fourth-order valence-electron chi connectivity index (χ4n) is 0.291. The van der Waals surface area contributed by atoms with Gasteiger partial charge in [-0.3, -0.25) is 0 Å². The largest absolute Gasteiger partial charge is 0.368 e. The van der Waals surface area contributed by atoms with Gasteiger partial charge < -0.3 is 5.73 Å². The summed E-state index contributed by atoms with van der Waals surface area (Å²) in [5.41, 5.74) is 5.15. The summed E-state index contributed by atoms with van der Waals surface area (Å²) >= 11 is 3.11. The van der Waals surface area contributed by atoms with E-state index >= 15 is 0 Å². The van der Waals surface area contributed by atoms with Crippen LogP contribution in [0, 0.1) is 6.20 Å². The average molecular weight is 173 g/mol. The molecule has 0 unspecified atom stereocenters. The molecule has 0 fully saturated rings. The highest BCUT2D eigenvalue weighted by Crippen LogP contribution is 2.02. The molecular formula is C4H3BrN3. The number of halogens is 1. The van der Waals surface area contributed by atoms with Crippen molar-refractivity contribution in [1.29, 1.82) is 0 Å². The summed E-state index contributed by atoms with van der Waals surface area (Å²) in [6, 6.07) is 0. The van der Waals surface area contributed by atoms with Crippen molar-refractivity contribution >= 4 is 21.9 Å². The molecular weight excluding hydrogens is 170 g/mol. The Balaban J connectivity index is 3.03. The van der Waals surface area contributed by atoms with Crippen molar-refractivity contribution in [3.05, 3.63) is 16.9 Å². The standard InChI is InChI=1S/C4H3BrN3/c5-3-1-7-4(6)8-2-3/h1H,(H2,6,7,8). The molecule has 0 bridgehead atoms. The van der Waals surface area contributed by atoms with E-state index < -0.39 is 0 Å². The van der Waals surface area contributed by atoms with E-state index in [-0.39, 0.29) is 5.95 Å². The summed E-state index contributed by atoms with van der Waals surface area (Å²) in [4.78, 5) is 7.24. The first-order valence-electron chi connectivity index (χ1n) is 1.95. The molecule has 8 heavy (non-hydrogen) atoms. The number of rotatable bonds is 0. The Labute approximate surface area is 55.1 Å². The van der Waals surface area contributed by atoms with Crippen molar-refractivity contribution in [1.82, 2.24) is 9.97 Å². The lowest BCUT2D eigenvalue weighted by molar-refractivity contribution is 1.16. The van der Waals surface area contributed by atoms with E-state index in [1.54, 1.807) is 6.20 Å². The first-order chi connectivity index (χ1) is 3.79. The Kier molecular flexibility index (Phi) is 1.43. The van der Waals surface area contributed by atoms with Crippen LogP contribution in [0.2, 0.25) is 0 Å². The number of nitrogen functional groups attached to an aromatic ring is 1. The number of aromatic nitrogens is 2. The molecule has 41 valence electrons. The van der Waals surface area contributed by atoms with Gasteiger partial charge in [-0.2, -0.15) is 0 Å². The Hall–Kier alpha value is -0.640. The van der Waals surface area contributed by atoms with Crippen LogP contribution in [-0.2, 0) is 0 Å². The fourth-order valence-corrected chi connectivity index (χ4v) is 0.482. The highest BCUT2D eigenvalue weighted by atomic mass is 79.9. The third kappa shape index (κ3) is 1.16. The summed E-state index contributed by atoms with van der Waals surface area (Å²) in [5.74, 6) is 0.244. The fraction of sp³-hybridized carbons (Fsp3) is 0. The quantitative estimate of drug-likeness (QED) is 0.625. The molecule has 0 saturated heterocycles. The van der Waals surface area contributed by atoms with E-state index in [1.807, 2.05) is 0 Å². The molecule has 2 N–H and O–H groups in total. The molecule has 0 aliphatic heterocycles. The predicted molar refractivity (Wildman–Crippen MR) is 33.0 cm³/mol. The minimum atomic E-state index is 0.244. The third-order valence-electron chi connectivity index (χ3n) is 0.587. The lowest BCUT2D eigenvalue weighted by Gasteiger charge is -1.86. The van der Waals surface area contributed by atoms with Gasteiger partial charge in [0.1, 0.15) is 6.20 Å². The van der Waals surface area contributed by atoms with E-state index in [0.29, 0.717) is 4.47 Å². The van der Waals surface area contributed by atoms with E-state index in [2.05, 4.69) is 32.1 Å². The lowest BCUT2D eigenvalue weighted by atomic mass is 10.7. The molecule has 1 rings (SSSR count). The van der Waals surface area contributed by atoms with Crippen molar-refractivity contribution < 1.29 is 0 Å². The van der Waals surface area contributed by atoms with Gasteiger partial charge in [0.25, 0.3) is 0 Å². The number of nitrogens with two attached hydrogens (primary N) is 1. The van der Waals surface area contributed by atoms with Gasteiger partial charge in [0.2, 0.25) is 5.95 Å². The van der Waals surface area contributed by atoms with Crippen LogP contribution in [0.15, 0.2) is 10.7 Å². The van der Waals surface area contributed by atoms with Crippen LogP contribution in [0.1, 0.15) is 0 Å². The molecule has 4 heteroatoms. The van der Waals surface area contributed by atoms with Gasteiger partial charge in [0, 0.05) is 6.20 Å². The second-order valence-corrected chi connectivity index (χ2v) is 2.04. The van der Waals surface area contributed by atoms with Crippen LogP contribution in [0.25, 0.3) is 0 Å². The molecule has 0 aliphatic rings. The van der Waals surface area contributed by atoms with Crippen LogP contribution in [0.3, 0.4) is 0 Å². The van der Waals surface area contributed by atoms with Crippen LogP contribution in [0.5, 0.6) is 0 Å². The number of nitrogens with zero attached hydrogens (tertiary/aromatic N) is 2. The number of anilines is 1. The molecule has 0 spiro atoms. The van der Waals surface area contributed by atoms with E-state index in [1.165, 1.54) is 0 Å². The summed E-state index contributed by atoms with van der Waals surface area (Å²) in [7, 11) is 0. The first kappa shape index (κ1) is 5.50. The van der Waals surface area contributed by atoms with E-state index in [4.69, 9.17) is 5.73 Å². The number of hydrogen-bond acceptors (Lipinski definition) is 3. The Morgan fingerprint density at radius 3 is 2.88 bits per heavy atom. The average Bonchev–Trinajstić information content (AvgIpc) is 1.77. The van der Waals surface area contributed by atoms with Crippen LogP contribution in [-0.4, -0.2) is 9.97 Å². The van der Waals surface area contributed by atoms with Crippen LogP contribution >= 0.6 is 15.9 Å². The van der Waals surface area contributed by atoms with Gasteiger partial charge in [-0.15, -0.1) is 0 Å². The second-order valence-electron chi connectivity index (χ2n) is 1.19. The molecule has 0 saturated carbocycles. The van der Waals surface area contributed by atoms with Gasteiger partial charge in [-0.05, 0) is 15.9 Å². The normalized spacial score (nSPS) is 9.12. The topological polar surface area (TPSA) is 51.8 Å². The number of hydrogen-bond donors (Lipinski definition) is 1. The molecule has 1 heterocycles. The van der Waals surface area contributed by atoms with Crippen molar-refractivity contribution in [2.24, 2.45) is 0 Å². The molecule has 3 nitrogen and oxygen atoms in total. The van der Waals surface area contributed by atoms with Crippen molar-refractivity contribution in [3.8, 4) is 0 Å². The van der Waals surface area contributed by atoms with Crippen molar-refractivity contribution in [2.45, 2.75) is 0 Å². The Morgan fingerprint density at radius 2 is 2.50 bits per heavy atom. The summed E-state index contributed by atoms with van der Waals surface area (Å²) in [6.07, 6.45) is 4.12. The lowest BCUT2D eigenvalue weighted by Crippen LogP contribution is -1.91. The van der Waals surface area contributed by atoms with Gasteiger partial charge in [-0.1, -0.05) is 0 Å². The molecule has 1 aromatic rings. The third-order valence-corrected chi connectivity index (χ3v) is 0.969. The van der Waals surface area contributed by atoms with Gasteiger partial charge >= 0.3 is 0 Å². The smallest absolute Gasteiger partial charge is 0.220 e. The minimum Gasteiger partial charge on any atom is -0.368 e. The summed E-state index contributed by atoms with van der Waals surface area (Å²) in [6.45, 7) is 0. The molecule has 0 aliphatic carbocycles. The molecule has 1 radical (unpaired) electrons. The highest BCUT2D eigenvalue weighted by Gasteiger charge is 1.85. The monoisotopic (exact) mass is 172 g/mol. The minimum absolute atomic E-state index is 0.244. The SMILES string of the molecule is Nc1n[c]c(Br)cn1. The maximum Gasteiger partial charge on any atom is 0.220 e. The van der Waals surface area contributed by atoms with E-state index in [9.17, 15) is 0 Å². The molecule has 0 amide bonds. The maximum absolute atomic E-state index is 5.15. The second kappa shape index (κ2) is 2.09. The summed E-state index contributed by atoms with van der Waals surface area (Å²) < 4.78 is 0.715. The zero-order valence-electron chi connectivity index (χ0n) is 3.93. The van der Waals surface area contributed by atoms with Crippen molar-refractivity contribution in [2.75, 3.05) is 5.73 Å². The first-order valence-corrected chi connectivity index (χ1v) is 2.74. The van der Waals surface area contributed by atoms with Gasteiger partial charge in [-0.25, -0.2) is 9.97 Å². The zero-order chi connectivity index (χ0) is 5.98. The van der Waals surface area contributed by atoms with Gasteiger partial charge in [0.15, 0.2) is 0 Å². The molecule has 0 aromatic carbocycles. The van der Waals surface area contributed by atoms with Crippen molar-refractivity contribution in [3.63, 3.8) is 0 Å². The van der Waals surface area contributed by atoms with Gasteiger partial charge in [0.05, 0.1) is 4.47 Å². The Bertz CT molecular complexity index is 150. The van der Waals surface area contributed by atoms with Crippen LogP contribution < -0.4 is 5.73 Å². The van der Waals surface area contributed by atoms with Crippen LogP contribution in [0.4, 0.5) is 5.95 Å². The zero-order valence-corrected chi connectivity index (χ0v) is 5.51. The Morgan fingerprint density at radius 1 is 1.75 bits per heavy atom. The molecule has 0 atom stereocenters. The molecule has 1 aromatic heterocycles. The summed E-state index contributed by atoms with van der Waals surface area (Å²) in [5, 5.41) is 0. The van der Waals surface area contributed by atoms with E-state index in [0.717, 1.165) is 0 Å². The predicted octanol–water partition coefficient (Wildman–Crippen LogP) is 0.621. The highest BCUT2D eigenvalue weighted by molar-refractivity contribution is 9.10.